The van der Waals surface area contributed by atoms with Crippen LogP contribution in [0.25, 0.3) is 6.08 Å². The molecule has 6 heteroatoms. The average molecular weight is 386 g/mol. The third-order valence-electron chi connectivity index (χ3n) is 2.91. The standard InChI is InChI=1S/C15H16BrNO2S2/c1-3-7-19-12-6-5-11(16)8-10(12)9-13-14(18)17(4-2)15(20)21-13/h5-6,8-9H,3-4,7H2,1-2H3/b13-9-. The third-order valence-corrected chi connectivity index (χ3v) is 4.78. The molecule has 1 aliphatic rings. The highest BCUT2D eigenvalue weighted by atomic mass is 79.9. The SMILES string of the molecule is CCCOc1ccc(Br)cc1/C=C1\SC(=S)N(CC)C1=O. The van der Waals surface area contributed by atoms with Crippen LogP contribution in [-0.2, 0) is 4.79 Å². The van der Waals surface area contributed by atoms with Crippen LogP contribution in [0, 0.1) is 0 Å². The minimum Gasteiger partial charge on any atom is -0.493 e. The number of carbonyl (C=O) groups is 1. The van der Waals surface area contributed by atoms with Crippen LogP contribution in [0.1, 0.15) is 25.8 Å². The van der Waals surface area contributed by atoms with E-state index in [0.717, 1.165) is 22.2 Å². The van der Waals surface area contributed by atoms with Crippen molar-refractivity contribution >= 4 is 56.2 Å². The molecule has 0 aliphatic carbocycles. The van der Waals surface area contributed by atoms with Crippen molar-refractivity contribution in [3.05, 3.63) is 33.1 Å². The second kappa shape index (κ2) is 7.42. The maximum Gasteiger partial charge on any atom is 0.266 e. The van der Waals surface area contributed by atoms with Crippen LogP contribution in [0.3, 0.4) is 0 Å². The summed E-state index contributed by atoms with van der Waals surface area (Å²) in [6.07, 6.45) is 2.79. The van der Waals surface area contributed by atoms with E-state index in [1.165, 1.54) is 11.8 Å². The molecule has 1 heterocycles. The lowest BCUT2D eigenvalue weighted by Crippen LogP contribution is -2.27. The molecule has 0 saturated carbocycles. The number of likely N-dealkylation sites (N-methyl/N-ethyl adjacent to an activating group) is 1. The van der Waals surface area contributed by atoms with E-state index < -0.39 is 0 Å². The number of benzene rings is 1. The Bertz CT molecular complexity index is 601. The molecule has 0 unspecified atom stereocenters. The van der Waals surface area contributed by atoms with Crippen molar-refractivity contribution in [3.63, 3.8) is 0 Å². The molecule has 2 rings (SSSR count). The number of ether oxygens (including phenoxy) is 1. The largest absolute Gasteiger partial charge is 0.493 e. The lowest BCUT2D eigenvalue weighted by molar-refractivity contribution is -0.121. The van der Waals surface area contributed by atoms with Crippen molar-refractivity contribution in [2.75, 3.05) is 13.2 Å². The van der Waals surface area contributed by atoms with Crippen molar-refractivity contribution in [1.82, 2.24) is 4.90 Å². The summed E-state index contributed by atoms with van der Waals surface area (Å²) in [5.74, 6) is 0.746. The van der Waals surface area contributed by atoms with Gasteiger partial charge in [0.15, 0.2) is 0 Å². The van der Waals surface area contributed by atoms with E-state index in [1.807, 2.05) is 31.2 Å². The third kappa shape index (κ3) is 3.87. The van der Waals surface area contributed by atoms with Crippen LogP contribution in [0.15, 0.2) is 27.6 Å². The van der Waals surface area contributed by atoms with Crippen molar-refractivity contribution in [3.8, 4) is 5.75 Å². The summed E-state index contributed by atoms with van der Waals surface area (Å²) in [7, 11) is 0. The van der Waals surface area contributed by atoms with Crippen molar-refractivity contribution in [2.45, 2.75) is 20.3 Å². The van der Waals surface area contributed by atoms with E-state index in [2.05, 4.69) is 22.9 Å². The summed E-state index contributed by atoms with van der Waals surface area (Å²) in [6.45, 7) is 5.23. The van der Waals surface area contributed by atoms with Crippen LogP contribution in [-0.4, -0.2) is 28.3 Å². The fourth-order valence-electron chi connectivity index (χ4n) is 1.89. The minimum atomic E-state index is -0.0334. The first-order valence-corrected chi connectivity index (χ1v) is 8.76. The number of hydrogen-bond acceptors (Lipinski definition) is 4. The first-order chi connectivity index (χ1) is 10.1. The van der Waals surface area contributed by atoms with Crippen LogP contribution >= 0.6 is 39.9 Å². The van der Waals surface area contributed by atoms with Gasteiger partial charge in [0.05, 0.1) is 11.5 Å². The molecule has 1 amide bonds. The molecule has 0 spiro atoms. The normalized spacial score (nSPS) is 16.9. The Balaban J connectivity index is 2.34. The van der Waals surface area contributed by atoms with Crippen LogP contribution < -0.4 is 4.74 Å². The summed E-state index contributed by atoms with van der Waals surface area (Å²) in [6, 6.07) is 5.79. The molecule has 3 nitrogen and oxygen atoms in total. The zero-order valence-corrected chi connectivity index (χ0v) is 15.1. The van der Waals surface area contributed by atoms with Gasteiger partial charge >= 0.3 is 0 Å². The monoisotopic (exact) mass is 385 g/mol. The number of thiocarbonyl (C=S) groups is 1. The number of hydrogen-bond donors (Lipinski definition) is 0. The van der Waals surface area contributed by atoms with Gasteiger partial charge in [-0.2, -0.15) is 0 Å². The predicted octanol–water partition coefficient (Wildman–Crippen LogP) is 4.46. The van der Waals surface area contributed by atoms with Gasteiger partial charge in [0, 0.05) is 16.6 Å². The molecule has 0 atom stereocenters. The summed E-state index contributed by atoms with van der Waals surface area (Å²) < 4.78 is 7.29. The lowest BCUT2D eigenvalue weighted by atomic mass is 10.2. The second-order valence-corrected chi connectivity index (χ2v) is 7.05. The number of rotatable bonds is 5. The fraction of sp³-hybridized carbons (Fsp3) is 0.333. The van der Waals surface area contributed by atoms with Gasteiger partial charge in [0.2, 0.25) is 0 Å². The Labute approximate surface area is 142 Å². The van der Waals surface area contributed by atoms with Crippen molar-refractivity contribution < 1.29 is 9.53 Å². The molecular weight excluding hydrogens is 370 g/mol. The van der Waals surface area contributed by atoms with Gasteiger partial charge in [-0.1, -0.05) is 46.8 Å². The molecular formula is C15H16BrNO2S2. The molecule has 0 bridgehead atoms. The predicted molar refractivity (Wildman–Crippen MR) is 95.5 cm³/mol. The summed E-state index contributed by atoms with van der Waals surface area (Å²) >= 11 is 10.0. The minimum absolute atomic E-state index is 0.0334. The average Bonchev–Trinajstić information content (AvgIpc) is 2.72. The molecule has 1 fully saturated rings. The van der Waals surface area contributed by atoms with E-state index in [9.17, 15) is 4.79 Å². The molecule has 0 aromatic heterocycles. The van der Waals surface area contributed by atoms with E-state index in [-0.39, 0.29) is 5.91 Å². The first kappa shape index (κ1) is 16.5. The van der Waals surface area contributed by atoms with Gasteiger partial charge in [-0.15, -0.1) is 0 Å². The highest BCUT2D eigenvalue weighted by molar-refractivity contribution is 9.10. The Morgan fingerprint density at radius 2 is 2.19 bits per heavy atom. The Hall–Kier alpha value is -0.850. The number of amides is 1. The second-order valence-electron chi connectivity index (χ2n) is 4.46. The highest BCUT2D eigenvalue weighted by Gasteiger charge is 2.30. The highest BCUT2D eigenvalue weighted by Crippen LogP contribution is 2.34. The zero-order chi connectivity index (χ0) is 15.4. The molecule has 1 aromatic rings. The van der Waals surface area contributed by atoms with Crippen LogP contribution in [0.2, 0.25) is 0 Å². The lowest BCUT2D eigenvalue weighted by Gasteiger charge is -2.10. The maximum atomic E-state index is 12.3. The Morgan fingerprint density at radius 1 is 1.43 bits per heavy atom. The molecule has 0 N–H and O–H groups in total. The smallest absolute Gasteiger partial charge is 0.266 e. The van der Waals surface area contributed by atoms with Gasteiger partial charge in [-0.05, 0) is 37.6 Å². The van der Waals surface area contributed by atoms with Gasteiger partial charge < -0.3 is 4.74 Å². The number of halogens is 1. The first-order valence-electron chi connectivity index (χ1n) is 6.74. The number of carbonyl (C=O) groups excluding carboxylic acids is 1. The molecule has 1 saturated heterocycles. The van der Waals surface area contributed by atoms with E-state index in [4.69, 9.17) is 17.0 Å². The van der Waals surface area contributed by atoms with E-state index in [0.29, 0.717) is 22.4 Å². The number of nitrogens with zero attached hydrogens (tertiary/aromatic N) is 1. The topological polar surface area (TPSA) is 29.5 Å². The molecule has 21 heavy (non-hydrogen) atoms. The van der Waals surface area contributed by atoms with Gasteiger partial charge in [0.25, 0.3) is 5.91 Å². The summed E-state index contributed by atoms with van der Waals surface area (Å²) in [5, 5.41) is 0. The van der Waals surface area contributed by atoms with Crippen LogP contribution in [0.5, 0.6) is 5.75 Å². The quantitative estimate of drug-likeness (QED) is 0.552. The zero-order valence-electron chi connectivity index (χ0n) is 11.9. The van der Waals surface area contributed by atoms with E-state index >= 15 is 0 Å². The van der Waals surface area contributed by atoms with Gasteiger partial charge in [-0.3, -0.25) is 9.69 Å². The Morgan fingerprint density at radius 3 is 2.81 bits per heavy atom. The fourth-order valence-corrected chi connectivity index (χ4v) is 3.64. The summed E-state index contributed by atoms with van der Waals surface area (Å²) in [4.78, 5) is 14.5. The van der Waals surface area contributed by atoms with Crippen LogP contribution in [0.4, 0.5) is 0 Å². The van der Waals surface area contributed by atoms with Gasteiger partial charge in [-0.25, -0.2) is 0 Å². The van der Waals surface area contributed by atoms with Gasteiger partial charge in [0.1, 0.15) is 10.1 Å². The molecule has 1 aromatic carbocycles. The molecule has 1 aliphatic heterocycles. The number of thioether (sulfide) groups is 1. The van der Waals surface area contributed by atoms with E-state index in [1.54, 1.807) is 4.90 Å². The molecule has 112 valence electrons. The van der Waals surface area contributed by atoms with Crippen molar-refractivity contribution in [2.24, 2.45) is 0 Å². The Kier molecular flexibility index (Phi) is 5.84. The van der Waals surface area contributed by atoms with Crippen molar-refractivity contribution in [1.29, 1.82) is 0 Å². The maximum absolute atomic E-state index is 12.3. The summed E-state index contributed by atoms with van der Waals surface area (Å²) in [5.41, 5.74) is 0.884. The molecule has 0 radical (unpaired) electrons.